The number of aryl methyl sites for hydroxylation is 2. The van der Waals surface area contributed by atoms with Gasteiger partial charge in [-0.25, -0.2) is 9.79 Å². The van der Waals surface area contributed by atoms with Crippen LogP contribution in [0.3, 0.4) is 0 Å². The first-order chi connectivity index (χ1) is 12.3. The molecule has 2 aromatic carbocycles. The van der Waals surface area contributed by atoms with Crippen LogP contribution in [0.25, 0.3) is 0 Å². The highest BCUT2D eigenvalue weighted by molar-refractivity contribution is 5.92. The normalized spacial score (nSPS) is 11.0. The number of ether oxygens (including phenoxy) is 1. The molecule has 0 unspecified atom stereocenters. The Morgan fingerprint density at radius 3 is 2.46 bits per heavy atom. The standard InChI is InChI=1S/C22H28N2O2/c1-7-24(6)14-23-21-11-10-20(17(4)18(21)5)22(25)26-13-19-9-8-15(2)16(3)12-19/h8-12,14H,7,13H2,1-6H3. The lowest BCUT2D eigenvalue weighted by Crippen LogP contribution is -2.14. The molecule has 0 N–H and O–H groups in total. The van der Waals surface area contributed by atoms with Crippen molar-refractivity contribution in [3.8, 4) is 0 Å². The molecule has 0 bridgehead atoms. The zero-order valence-electron chi connectivity index (χ0n) is 16.6. The molecule has 0 saturated heterocycles. The second kappa shape index (κ2) is 8.65. The molecule has 0 atom stereocenters. The van der Waals surface area contributed by atoms with Crippen LogP contribution in [0.2, 0.25) is 0 Å². The van der Waals surface area contributed by atoms with Crippen LogP contribution in [0.15, 0.2) is 35.3 Å². The van der Waals surface area contributed by atoms with Gasteiger partial charge in [0.2, 0.25) is 0 Å². The second-order valence-electron chi connectivity index (χ2n) is 6.69. The smallest absolute Gasteiger partial charge is 0.338 e. The van der Waals surface area contributed by atoms with Crippen molar-refractivity contribution in [1.29, 1.82) is 0 Å². The molecule has 0 saturated carbocycles. The second-order valence-corrected chi connectivity index (χ2v) is 6.69. The fourth-order valence-electron chi connectivity index (χ4n) is 2.53. The van der Waals surface area contributed by atoms with Crippen LogP contribution in [0, 0.1) is 27.7 Å². The molecule has 4 heteroatoms. The van der Waals surface area contributed by atoms with Crippen molar-refractivity contribution >= 4 is 18.0 Å². The molecular weight excluding hydrogens is 324 g/mol. The molecule has 0 radical (unpaired) electrons. The Labute approximate surface area is 156 Å². The van der Waals surface area contributed by atoms with Gasteiger partial charge in [0, 0.05) is 13.6 Å². The van der Waals surface area contributed by atoms with Crippen molar-refractivity contribution in [2.24, 2.45) is 4.99 Å². The van der Waals surface area contributed by atoms with E-state index in [1.807, 2.05) is 44.0 Å². The summed E-state index contributed by atoms with van der Waals surface area (Å²) in [5.74, 6) is -0.301. The van der Waals surface area contributed by atoms with Crippen molar-refractivity contribution in [3.63, 3.8) is 0 Å². The first-order valence-corrected chi connectivity index (χ1v) is 8.91. The van der Waals surface area contributed by atoms with Crippen molar-refractivity contribution < 1.29 is 9.53 Å². The highest BCUT2D eigenvalue weighted by atomic mass is 16.5. The number of carbonyl (C=O) groups is 1. The molecule has 2 aromatic rings. The average Bonchev–Trinajstić information content (AvgIpc) is 2.63. The van der Waals surface area contributed by atoms with E-state index >= 15 is 0 Å². The first-order valence-electron chi connectivity index (χ1n) is 8.91. The number of nitrogens with zero attached hydrogens (tertiary/aromatic N) is 2. The summed E-state index contributed by atoms with van der Waals surface area (Å²) in [6.45, 7) is 11.3. The maximum atomic E-state index is 12.5. The van der Waals surface area contributed by atoms with Crippen LogP contribution in [0.5, 0.6) is 0 Å². The lowest BCUT2D eigenvalue weighted by Gasteiger charge is -2.13. The maximum Gasteiger partial charge on any atom is 0.338 e. The molecule has 0 aliphatic carbocycles. The summed E-state index contributed by atoms with van der Waals surface area (Å²) in [5.41, 5.74) is 6.79. The Kier molecular flexibility index (Phi) is 6.56. The van der Waals surface area contributed by atoms with E-state index in [0.717, 1.165) is 28.9 Å². The third kappa shape index (κ3) is 4.72. The van der Waals surface area contributed by atoms with E-state index in [9.17, 15) is 4.79 Å². The van der Waals surface area contributed by atoms with Crippen molar-refractivity contribution in [3.05, 3.63) is 63.7 Å². The molecule has 0 fully saturated rings. The minimum absolute atomic E-state index is 0.277. The Morgan fingerprint density at radius 1 is 1.08 bits per heavy atom. The van der Waals surface area contributed by atoms with Gasteiger partial charge >= 0.3 is 5.97 Å². The van der Waals surface area contributed by atoms with E-state index in [-0.39, 0.29) is 12.6 Å². The lowest BCUT2D eigenvalue weighted by molar-refractivity contribution is 0.0471. The van der Waals surface area contributed by atoms with Gasteiger partial charge in [-0.3, -0.25) is 0 Å². The predicted molar refractivity (Wildman–Crippen MR) is 107 cm³/mol. The summed E-state index contributed by atoms with van der Waals surface area (Å²) in [6, 6.07) is 9.77. The highest BCUT2D eigenvalue weighted by Gasteiger charge is 2.14. The molecule has 26 heavy (non-hydrogen) atoms. The van der Waals surface area contributed by atoms with Crippen molar-refractivity contribution in [2.75, 3.05) is 13.6 Å². The number of rotatable bonds is 6. The summed E-state index contributed by atoms with van der Waals surface area (Å²) >= 11 is 0. The molecule has 0 aliphatic rings. The van der Waals surface area contributed by atoms with Crippen molar-refractivity contribution in [1.82, 2.24) is 4.90 Å². The number of esters is 1. The van der Waals surface area contributed by atoms with Gasteiger partial charge in [-0.1, -0.05) is 18.2 Å². The number of hydrogen-bond acceptors (Lipinski definition) is 3. The summed E-state index contributed by atoms with van der Waals surface area (Å²) in [5, 5.41) is 0. The minimum atomic E-state index is -0.301. The van der Waals surface area contributed by atoms with E-state index in [1.165, 1.54) is 11.1 Å². The fraction of sp³-hybridized carbons (Fsp3) is 0.364. The monoisotopic (exact) mass is 352 g/mol. The van der Waals surface area contributed by atoms with E-state index in [1.54, 1.807) is 12.4 Å². The zero-order valence-corrected chi connectivity index (χ0v) is 16.6. The molecule has 0 heterocycles. The Balaban J connectivity index is 2.12. The topological polar surface area (TPSA) is 41.9 Å². The third-order valence-electron chi connectivity index (χ3n) is 4.81. The fourth-order valence-corrected chi connectivity index (χ4v) is 2.53. The van der Waals surface area contributed by atoms with Crippen LogP contribution >= 0.6 is 0 Å². The van der Waals surface area contributed by atoms with Crippen molar-refractivity contribution in [2.45, 2.75) is 41.2 Å². The molecule has 0 aromatic heterocycles. The number of benzene rings is 2. The number of carbonyl (C=O) groups excluding carboxylic acids is 1. The largest absolute Gasteiger partial charge is 0.457 e. The van der Waals surface area contributed by atoms with Gasteiger partial charge in [0.05, 0.1) is 17.6 Å². The Hall–Kier alpha value is -2.62. The average molecular weight is 352 g/mol. The molecular formula is C22H28N2O2. The zero-order chi connectivity index (χ0) is 19.3. The van der Waals surface area contributed by atoms with Gasteiger partial charge in [-0.05, 0) is 74.6 Å². The molecule has 4 nitrogen and oxygen atoms in total. The van der Waals surface area contributed by atoms with Gasteiger partial charge < -0.3 is 9.64 Å². The Bertz CT molecular complexity index is 825. The van der Waals surface area contributed by atoms with Gasteiger partial charge in [0.25, 0.3) is 0 Å². The number of aliphatic imine (C=N–C) groups is 1. The van der Waals surface area contributed by atoms with E-state index in [2.05, 4.69) is 31.8 Å². The van der Waals surface area contributed by atoms with E-state index in [4.69, 9.17) is 4.74 Å². The quantitative estimate of drug-likeness (QED) is 0.422. The highest BCUT2D eigenvalue weighted by Crippen LogP contribution is 2.25. The first kappa shape index (κ1) is 19.7. The summed E-state index contributed by atoms with van der Waals surface area (Å²) in [4.78, 5) is 19.0. The van der Waals surface area contributed by atoms with Crippen LogP contribution in [0.1, 0.15) is 45.1 Å². The predicted octanol–water partition coefficient (Wildman–Crippen LogP) is 4.89. The van der Waals surface area contributed by atoms with Crippen LogP contribution in [-0.4, -0.2) is 30.8 Å². The van der Waals surface area contributed by atoms with E-state index < -0.39 is 0 Å². The molecule has 2 rings (SSSR count). The van der Waals surface area contributed by atoms with Gasteiger partial charge in [0.1, 0.15) is 6.61 Å². The SMILES string of the molecule is CCN(C)C=Nc1ccc(C(=O)OCc2ccc(C)c(C)c2)c(C)c1C. The van der Waals surface area contributed by atoms with Gasteiger partial charge in [-0.15, -0.1) is 0 Å². The number of hydrogen-bond donors (Lipinski definition) is 0. The molecule has 0 aliphatic heterocycles. The third-order valence-corrected chi connectivity index (χ3v) is 4.81. The summed E-state index contributed by atoms with van der Waals surface area (Å²) in [7, 11) is 1.98. The van der Waals surface area contributed by atoms with Crippen LogP contribution in [-0.2, 0) is 11.3 Å². The molecule has 0 amide bonds. The van der Waals surface area contributed by atoms with E-state index in [0.29, 0.717) is 5.56 Å². The van der Waals surface area contributed by atoms with Crippen LogP contribution < -0.4 is 0 Å². The summed E-state index contributed by atoms with van der Waals surface area (Å²) in [6.07, 6.45) is 1.81. The summed E-state index contributed by atoms with van der Waals surface area (Å²) < 4.78 is 5.51. The maximum absolute atomic E-state index is 12.5. The minimum Gasteiger partial charge on any atom is -0.457 e. The molecule has 138 valence electrons. The van der Waals surface area contributed by atoms with Crippen LogP contribution in [0.4, 0.5) is 5.69 Å². The van der Waals surface area contributed by atoms with Gasteiger partial charge in [-0.2, -0.15) is 0 Å². The Morgan fingerprint density at radius 2 is 1.81 bits per heavy atom. The lowest BCUT2D eigenvalue weighted by atomic mass is 10.0. The van der Waals surface area contributed by atoms with Gasteiger partial charge in [0.15, 0.2) is 0 Å². The molecule has 0 spiro atoms.